The lowest BCUT2D eigenvalue weighted by atomic mass is 10.1. The Morgan fingerprint density at radius 1 is 0.897 bits per heavy atom. The maximum atomic E-state index is 6.10. The molecule has 2 aromatic heterocycles. The number of nitrogens with one attached hydrogen (secondary N) is 1. The van der Waals surface area contributed by atoms with Crippen LogP contribution in [0.1, 0.15) is 42.4 Å². The summed E-state index contributed by atoms with van der Waals surface area (Å²) in [5.74, 6) is 2.89. The van der Waals surface area contributed by atoms with Crippen molar-refractivity contribution >= 4 is 35.0 Å². The number of benzene rings is 2. The number of anilines is 3. The predicted octanol–water partition coefficient (Wildman–Crippen LogP) is 5.17. The molecule has 0 atom stereocenters. The van der Waals surface area contributed by atoms with Crippen molar-refractivity contribution in [2.45, 2.75) is 46.1 Å². The number of fused-ring (bicyclic) bond motifs is 1. The molecule has 2 aliphatic rings. The van der Waals surface area contributed by atoms with Gasteiger partial charge in [0.15, 0.2) is 0 Å². The number of nitrogens with zero attached hydrogens (tertiary/aromatic N) is 7. The van der Waals surface area contributed by atoms with Gasteiger partial charge in [-0.1, -0.05) is 35.9 Å². The van der Waals surface area contributed by atoms with Gasteiger partial charge in [0.05, 0.1) is 12.8 Å². The fraction of sp³-hybridized carbons (Fsp3) is 0.400. The zero-order valence-electron chi connectivity index (χ0n) is 22.8. The van der Waals surface area contributed by atoms with E-state index in [1.807, 2.05) is 12.3 Å². The minimum atomic E-state index is 0.482. The molecular formula is C30H36N8O. The minimum absolute atomic E-state index is 0.482. The second-order valence-corrected chi connectivity index (χ2v) is 10.4. The molecule has 1 N–H and O–H groups in total. The fourth-order valence-electron chi connectivity index (χ4n) is 5.46. The molecule has 9 heteroatoms. The fourth-order valence-corrected chi connectivity index (χ4v) is 5.46. The van der Waals surface area contributed by atoms with Crippen molar-refractivity contribution in [1.82, 2.24) is 19.5 Å². The van der Waals surface area contributed by atoms with Gasteiger partial charge >= 0.3 is 0 Å². The Bertz CT molecular complexity index is 1430. The molecule has 2 aromatic carbocycles. The van der Waals surface area contributed by atoms with Crippen molar-refractivity contribution in [2.75, 3.05) is 48.0 Å². The quantitative estimate of drug-likeness (QED) is 0.239. The van der Waals surface area contributed by atoms with Gasteiger partial charge in [-0.25, -0.2) is 5.43 Å². The van der Waals surface area contributed by atoms with E-state index in [9.17, 15) is 0 Å². The number of para-hydroxylation sites is 1. The summed E-state index contributed by atoms with van der Waals surface area (Å²) in [7, 11) is 0. The van der Waals surface area contributed by atoms with Crippen molar-refractivity contribution < 1.29 is 4.74 Å². The van der Waals surface area contributed by atoms with Crippen LogP contribution in [0.2, 0.25) is 0 Å². The van der Waals surface area contributed by atoms with Crippen molar-refractivity contribution in [1.29, 1.82) is 0 Å². The standard InChI is InChI=1S/C30H36N8O/c1-22-11-12-27(23(2)19-22)39-18-17-38-21-24(25-9-3-4-10-26(25)38)20-31-35-28-32-29(36-13-5-6-14-36)34-30(33-28)37-15-7-8-16-37/h3-4,9-12,19-21H,5-8,13-18H2,1-2H3,(H,32,33,34,35). The highest BCUT2D eigenvalue weighted by Gasteiger charge is 2.21. The number of hydrogen-bond acceptors (Lipinski definition) is 8. The van der Waals surface area contributed by atoms with Gasteiger partial charge in [0.2, 0.25) is 17.8 Å². The molecule has 0 bridgehead atoms. The van der Waals surface area contributed by atoms with E-state index in [4.69, 9.17) is 19.7 Å². The third-order valence-electron chi connectivity index (χ3n) is 7.50. The number of hydrogen-bond donors (Lipinski definition) is 1. The van der Waals surface area contributed by atoms with Crippen LogP contribution in [0.25, 0.3) is 10.9 Å². The van der Waals surface area contributed by atoms with E-state index in [1.165, 1.54) is 31.2 Å². The van der Waals surface area contributed by atoms with E-state index in [0.717, 1.165) is 72.4 Å². The largest absolute Gasteiger partial charge is 0.491 e. The van der Waals surface area contributed by atoms with Crippen molar-refractivity contribution in [3.63, 3.8) is 0 Å². The summed E-state index contributed by atoms with van der Waals surface area (Å²) in [5.41, 5.74) is 7.66. The molecule has 0 unspecified atom stereocenters. The molecule has 2 fully saturated rings. The van der Waals surface area contributed by atoms with Gasteiger partial charge in [-0.3, -0.25) is 0 Å². The second kappa shape index (κ2) is 11.3. The van der Waals surface area contributed by atoms with Gasteiger partial charge in [0.25, 0.3) is 0 Å². The first-order valence-electron chi connectivity index (χ1n) is 14.0. The topological polar surface area (TPSA) is 83.7 Å². The Labute approximate surface area is 229 Å². The highest BCUT2D eigenvalue weighted by atomic mass is 16.5. The van der Waals surface area contributed by atoms with Crippen LogP contribution in [0.15, 0.2) is 53.8 Å². The molecule has 202 valence electrons. The number of aromatic nitrogens is 4. The van der Waals surface area contributed by atoms with Crippen molar-refractivity contribution in [3.8, 4) is 5.75 Å². The first-order valence-corrected chi connectivity index (χ1v) is 14.0. The molecule has 4 heterocycles. The maximum absolute atomic E-state index is 6.10. The first-order chi connectivity index (χ1) is 19.1. The van der Waals surface area contributed by atoms with Crippen LogP contribution in [-0.4, -0.2) is 58.5 Å². The van der Waals surface area contributed by atoms with Crippen LogP contribution in [0.4, 0.5) is 17.8 Å². The van der Waals surface area contributed by atoms with Crippen LogP contribution < -0.4 is 20.0 Å². The molecule has 0 saturated carbocycles. The molecule has 0 radical (unpaired) electrons. The van der Waals surface area contributed by atoms with E-state index < -0.39 is 0 Å². The number of rotatable bonds is 9. The molecule has 6 rings (SSSR count). The van der Waals surface area contributed by atoms with Crippen molar-refractivity contribution in [3.05, 3.63) is 65.4 Å². The summed E-state index contributed by atoms with van der Waals surface area (Å²) in [5, 5.41) is 5.69. The molecule has 4 aromatic rings. The monoisotopic (exact) mass is 524 g/mol. The summed E-state index contributed by atoms with van der Waals surface area (Å²) in [6, 6.07) is 14.7. The smallest absolute Gasteiger partial charge is 0.250 e. The third-order valence-corrected chi connectivity index (χ3v) is 7.50. The molecular weight excluding hydrogens is 488 g/mol. The number of aryl methyl sites for hydroxylation is 2. The van der Waals surface area contributed by atoms with E-state index >= 15 is 0 Å². The lowest BCUT2D eigenvalue weighted by Gasteiger charge is -2.20. The number of hydrazone groups is 1. The van der Waals surface area contributed by atoms with E-state index in [-0.39, 0.29) is 0 Å². The van der Waals surface area contributed by atoms with Gasteiger partial charge in [-0.05, 0) is 57.2 Å². The average molecular weight is 525 g/mol. The Morgan fingerprint density at radius 3 is 2.28 bits per heavy atom. The molecule has 0 spiro atoms. The van der Waals surface area contributed by atoms with Gasteiger partial charge in [0.1, 0.15) is 12.4 Å². The Hall–Kier alpha value is -4.14. The second-order valence-electron chi connectivity index (χ2n) is 10.4. The lowest BCUT2D eigenvalue weighted by molar-refractivity contribution is 0.298. The summed E-state index contributed by atoms with van der Waals surface area (Å²) in [4.78, 5) is 18.7. The van der Waals surface area contributed by atoms with Gasteiger partial charge in [-0.2, -0.15) is 20.1 Å². The van der Waals surface area contributed by atoms with Crippen LogP contribution in [0, 0.1) is 13.8 Å². The molecule has 39 heavy (non-hydrogen) atoms. The summed E-state index contributed by atoms with van der Waals surface area (Å²) < 4.78 is 8.32. The molecule has 9 nitrogen and oxygen atoms in total. The van der Waals surface area contributed by atoms with Crippen LogP contribution in [0.3, 0.4) is 0 Å². The van der Waals surface area contributed by atoms with Gasteiger partial charge < -0.3 is 19.1 Å². The highest BCUT2D eigenvalue weighted by Crippen LogP contribution is 2.24. The molecule has 0 aliphatic carbocycles. The van der Waals surface area contributed by atoms with Gasteiger partial charge in [-0.15, -0.1) is 0 Å². The zero-order chi connectivity index (χ0) is 26.6. The summed E-state index contributed by atoms with van der Waals surface area (Å²) >= 11 is 0. The average Bonchev–Trinajstić information content (AvgIpc) is 3.73. The van der Waals surface area contributed by atoms with Crippen LogP contribution in [0.5, 0.6) is 5.75 Å². The normalized spacial score (nSPS) is 15.6. The summed E-state index contributed by atoms with van der Waals surface area (Å²) in [6.45, 7) is 9.45. The molecule has 0 amide bonds. The maximum Gasteiger partial charge on any atom is 0.250 e. The first kappa shape index (κ1) is 25.2. The van der Waals surface area contributed by atoms with Crippen LogP contribution >= 0.6 is 0 Å². The summed E-state index contributed by atoms with van der Waals surface area (Å²) in [6.07, 6.45) is 8.66. The highest BCUT2D eigenvalue weighted by molar-refractivity contribution is 5.99. The van der Waals surface area contributed by atoms with Crippen molar-refractivity contribution in [2.24, 2.45) is 5.10 Å². The molecule has 2 aliphatic heterocycles. The third kappa shape index (κ3) is 5.67. The van der Waals surface area contributed by atoms with E-state index in [1.54, 1.807) is 0 Å². The van der Waals surface area contributed by atoms with E-state index in [0.29, 0.717) is 12.6 Å². The minimum Gasteiger partial charge on any atom is -0.491 e. The SMILES string of the molecule is Cc1ccc(OCCn2cc(C=NNc3nc(N4CCCC4)nc(N4CCCC4)n3)c3ccccc32)c(C)c1. The Kier molecular flexibility index (Phi) is 7.29. The van der Waals surface area contributed by atoms with E-state index in [2.05, 4.69) is 81.3 Å². The Balaban J connectivity index is 1.19. The Morgan fingerprint density at radius 2 is 1.59 bits per heavy atom. The van der Waals surface area contributed by atoms with Gasteiger partial charge in [0, 0.05) is 48.8 Å². The molecule has 2 saturated heterocycles. The van der Waals surface area contributed by atoms with Crippen LogP contribution in [-0.2, 0) is 6.54 Å². The lowest BCUT2D eigenvalue weighted by Crippen LogP contribution is -2.25. The predicted molar refractivity (Wildman–Crippen MR) is 157 cm³/mol. The zero-order valence-corrected chi connectivity index (χ0v) is 22.8. The number of ether oxygens (including phenoxy) is 1.